The number of benzene rings is 3. The van der Waals surface area contributed by atoms with Crippen molar-refractivity contribution >= 4 is 21.9 Å². The Kier molecular flexibility index (Phi) is 6.15. The van der Waals surface area contributed by atoms with E-state index in [2.05, 4.69) is 22.0 Å². The molecule has 1 heterocycles. The summed E-state index contributed by atoms with van der Waals surface area (Å²) in [5.41, 5.74) is 8.40. The summed E-state index contributed by atoms with van der Waals surface area (Å²) < 4.78 is 17.7. The molecular weight excluding hydrogens is 472 g/mol. The van der Waals surface area contributed by atoms with Crippen molar-refractivity contribution in [1.29, 1.82) is 5.26 Å². The third-order valence-electron chi connectivity index (χ3n) is 4.98. The fourth-order valence-corrected chi connectivity index (χ4v) is 3.81. The molecule has 160 valence electrons. The van der Waals surface area contributed by atoms with Crippen LogP contribution in [0.15, 0.2) is 82.7 Å². The van der Waals surface area contributed by atoms with Gasteiger partial charge in [-0.2, -0.15) is 5.26 Å². The molecule has 0 saturated heterocycles. The SMILES string of the molecule is CCOc1cccc(C2C(C#N)=C(N)Oc3cc(OC(=O)c4ccc(Br)cc4)ccc32)c1. The van der Waals surface area contributed by atoms with Crippen molar-refractivity contribution in [1.82, 2.24) is 0 Å². The molecule has 0 aromatic heterocycles. The Bertz CT molecular complexity index is 1250. The van der Waals surface area contributed by atoms with Gasteiger partial charge in [0.2, 0.25) is 5.88 Å². The molecule has 2 N–H and O–H groups in total. The van der Waals surface area contributed by atoms with Crippen molar-refractivity contribution in [3.63, 3.8) is 0 Å². The first-order valence-corrected chi connectivity index (χ1v) is 10.7. The van der Waals surface area contributed by atoms with E-state index < -0.39 is 11.9 Å². The third-order valence-corrected chi connectivity index (χ3v) is 5.51. The highest BCUT2D eigenvalue weighted by atomic mass is 79.9. The Labute approximate surface area is 194 Å². The maximum atomic E-state index is 12.5. The molecule has 1 unspecified atom stereocenters. The summed E-state index contributed by atoms with van der Waals surface area (Å²) in [4.78, 5) is 12.5. The van der Waals surface area contributed by atoms with Gasteiger partial charge in [0.15, 0.2) is 0 Å². The number of carbonyl (C=O) groups excluding carboxylic acids is 1. The summed E-state index contributed by atoms with van der Waals surface area (Å²) in [5.74, 6) is 0.536. The van der Waals surface area contributed by atoms with Crippen molar-refractivity contribution < 1.29 is 19.0 Å². The summed E-state index contributed by atoms with van der Waals surface area (Å²) in [6.07, 6.45) is 0. The highest BCUT2D eigenvalue weighted by Gasteiger charge is 2.31. The average molecular weight is 491 g/mol. The van der Waals surface area contributed by atoms with E-state index in [0.717, 1.165) is 15.6 Å². The molecular formula is C25H19BrN2O4. The zero-order valence-corrected chi connectivity index (χ0v) is 18.8. The normalized spacial score (nSPS) is 14.7. The third kappa shape index (κ3) is 4.32. The second-order valence-corrected chi connectivity index (χ2v) is 7.94. The number of fused-ring (bicyclic) bond motifs is 1. The number of hydrogen-bond donors (Lipinski definition) is 1. The van der Waals surface area contributed by atoms with Crippen LogP contribution in [0.1, 0.15) is 34.3 Å². The standard InChI is InChI=1S/C25H19BrN2O4/c1-2-30-18-5-3-4-16(12-18)23-20-11-10-19(13-22(20)32-24(28)21(23)14-27)31-25(29)15-6-8-17(26)9-7-15/h3-13,23H,2,28H2,1H3. The second-order valence-electron chi connectivity index (χ2n) is 7.03. The second kappa shape index (κ2) is 9.16. The number of rotatable bonds is 5. The number of carbonyl (C=O) groups is 1. The van der Waals surface area contributed by atoms with Gasteiger partial charge in [-0.15, -0.1) is 0 Å². The zero-order valence-electron chi connectivity index (χ0n) is 17.2. The number of nitrogens with zero attached hydrogens (tertiary/aromatic N) is 1. The largest absolute Gasteiger partial charge is 0.494 e. The Hall–Kier alpha value is -3.76. The van der Waals surface area contributed by atoms with Gasteiger partial charge in [-0.05, 0) is 55.0 Å². The van der Waals surface area contributed by atoms with Gasteiger partial charge in [0, 0.05) is 16.1 Å². The number of esters is 1. The van der Waals surface area contributed by atoms with Gasteiger partial charge < -0.3 is 19.9 Å². The lowest BCUT2D eigenvalue weighted by Gasteiger charge is -2.27. The fourth-order valence-electron chi connectivity index (χ4n) is 3.54. The molecule has 7 heteroatoms. The van der Waals surface area contributed by atoms with E-state index in [1.807, 2.05) is 31.2 Å². The van der Waals surface area contributed by atoms with E-state index in [1.54, 1.807) is 42.5 Å². The Balaban J connectivity index is 1.68. The summed E-state index contributed by atoms with van der Waals surface area (Å²) in [6, 6.07) is 21.6. The van der Waals surface area contributed by atoms with Crippen LogP contribution in [-0.2, 0) is 0 Å². The molecule has 3 aromatic carbocycles. The Morgan fingerprint density at radius 1 is 1.12 bits per heavy atom. The van der Waals surface area contributed by atoms with Gasteiger partial charge in [0.25, 0.3) is 0 Å². The first kappa shape index (κ1) is 21.5. The summed E-state index contributed by atoms with van der Waals surface area (Å²) >= 11 is 3.34. The molecule has 0 amide bonds. The zero-order chi connectivity index (χ0) is 22.7. The van der Waals surface area contributed by atoms with Crippen molar-refractivity contribution in [2.45, 2.75) is 12.8 Å². The van der Waals surface area contributed by atoms with E-state index in [9.17, 15) is 10.1 Å². The highest BCUT2D eigenvalue weighted by molar-refractivity contribution is 9.10. The Morgan fingerprint density at radius 3 is 2.62 bits per heavy atom. The van der Waals surface area contributed by atoms with Gasteiger partial charge in [-0.3, -0.25) is 0 Å². The van der Waals surface area contributed by atoms with Gasteiger partial charge in [-0.25, -0.2) is 4.79 Å². The van der Waals surface area contributed by atoms with E-state index in [4.69, 9.17) is 19.9 Å². The molecule has 6 nitrogen and oxygen atoms in total. The average Bonchev–Trinajstić information content (AvgIpc) is 2.79. The van der Waals surface area contributed by atoms with E-state index in [0.29, 0.717) is 35.0 Å². The first-order valence-electron chi connectivity index (χ1n) is 9.92. The molecule has 32 heavy (non-hydrogen) atoms. The minimum Gasteiger partial charge on any atom is -0.494 e. The number of hydrogen-bond acceptors (Lipinski definition) is 6. The summed E-state index contributed by atoms with van der Waals surface area (Å²) in [5, 5.41) is 9.74. The number of nitriles is 1. The van der Waals surface area contributed by atoms with Crippen LogP contribution >= 0.6 is 15.9 Å². The van der Waals surface area contributed by atoms with E-state index >= 15 is 0 Å². The summed E-state index contributed by atoms with van der Waals surface area (Å²) in [7, 11) is 0. The monoisotopic (exact) mass is 490 g/mol. The van der Waals surface area contributed by atoms with E-state index in [1.165, 1.54) is 0 Å². The maximum Gasteiger partial charge on any atom is 0.343 e. The molecule has 0 spiro atoms. The predicted molar refractivity (Wildman–Crippen MR) is 122 cm³/mol. The molecule has 1 atom stereocenters. The molecule has 0 aliphatic carbocycles. The minimum absolute atomic E-state index is 0.0169. The van der Waals surface area contributed by atoms with Crippen LogP contribution in [-0.4, -0.2) is 12.6 Å². The number of ether oxygens (including phenoxy) is 3. The predicted octanol–water partition coefficient (Wildman–Crippen LogP) is 5.29. The van der Waals surface area contributed by atoms with Gasteiger partial charge in [0.1, 0.15) is 28.9 Å². The minimum atomic E-state index is -0.490. The van der Waals surface area contributed by atoms with Crippen molar-refractivity contribution in [2.75, 3.05) is 6.61 Å². The summed E-state index contributed by atoms with van der Waals surface area (Å²) in [6.45, 7) is 2.44. The lowest BCUT2D eigenvalue weighted by Crippen LogP contribution is -2.21. The molecule has 0 fully saturated rings. The molecule has 4 rings (SSSR count). The van der Waals surface area contributed by atoms with E-state index in [-0.39, 0.29) is 5.88 Å². The van der Waals surface area contributed by atoms with Crippen molar-refractivity contribution in [2.24, 2.45) is 5.73 Å². The van der Waals surface area contributed by atoms with Crippen molar-refractivity contribution in [3.05, 3.63) is 99.3 Å². The smallest absolute Gasteiger partial charge is 0.343 e. The molecule has 1 aliphatic rings. The van der Waals surface area contributed by atoms with Crippen LogP contribution < -0.4 is 19.9 Å². The fraction of sp³-hybridized carbons (Fsp3) is 0.120. The Morgan fingerprint density at radius 2 is 1.91 bits per heavy atom. The van der Waals surface area contributed by atoms with Crippen LogP contribution in [0.2, 0.25) is 0 Å². The molecule has 1 aliphatic heterocycles. The number of nitrogens with two attached hydrogens (primary N) is 1. The molecule has 0 radical (unpaired) electrons. The van der Waals surface area contributed by atoms with Crippen LogP contribution in [0.25, 0.3) is 0 Å². The van der Waals surface area contributed by atoms with Crippen molar-refractivity contribution in [3.8, 4) is 23.3 Å². The number of halogens is 1. The van der Waals surface area contributed by atoms with Gasteiger partial charge in [0.05, 0.1) is 18.1 Å². The van der Waals surface area contributed by atoms with Crippen LogP contribution in [0.5, 0.6) is 17.2 Å². The maximum absolute atomic E-state index is 12.5. The lowest BCUT2D eigenvalue weighted by atomic mass is 9.83. The highest BCUT2D eigenvalue weighted by Crippen LogP contribution is 2.44. The molecule has 0 bridgehead atoms. The number of allylic oxidation sites excluding steroid dienone is 1. The van der Waals surface area contributed by atoms with Gasteiger partial charge >= 0.3 is 5.97 Å². The quantitative estimate of drug-likeness (QED) is 0.385. The van der Waals surface area contributed by atoms with Crippen LogP contribution in [0.3, 0.4) is 0 Å². The van der Waals surface area contributed by atoms with Gasteiger partial charge in [-0.1, -0.05) is 34.1 Å². The molecule has 0 saturated carbocycles. The molecule has 3 aromatic rings. The lowest BCUT2D eigenvalue weighted by molar-refractivity contribution is 0.0734. The topological polar surface area (TPSA) is 94.6 Å². The van der Waals surface area contributed by atoms with Crippen LogP contribution in [0.4, 0.5) is 0 Å². The van der Waals surface area contributed by atoms with Crippen LogP contribution in [0, 0.1) is 11.3 Å². The first-order chi connectivity index (χ1) is 15.5.